The number of halogens is 2. The van der Waals surface area contributed by atoms with Crippen molar-refractivity contribution in [1.82, 2.24) is 9.97 Å². The Kier molecular flexibility index (Phi) is 5.49. The highest BCUT2D eigenvalue weighted by Crippen LogP contribution is 2.28. The van der Waals surface area contributed by atoms with Gasteiger partial charge in [0.25, 0.3) is 10.2 Å². The highest BCUT2D eigenvalue weighted by atomic mass is 127. The Morgan fingerprint density at radius 1 is 1.37 bits per heavy atom. The van der Waals surface area contributed by atoms with Crippen LogP contribution in [-0.4, -0.2) is 30.7 Å². The molecule has 0 aliphatic heterocycles. The second-order valence-corrected chi connectivity index (χ2v) is 8.55. The lowest BCUT2D eigenvalue weighted by Crippen LogP contribution is -2.38. The Morgan fingerprint density at radius 2 is 2.11 bits per heavy atom. The summed E-state index contributed by atoms with van der Waals surface area (Å²) in [5.41, 5.74) is 0.270. The second-order valence-electron chi connectivity index (χ2n) is 5.84. The van der Waals surface area contributed by atoms with Crippen molar-refractivity contribution in [3.63, 3.8) is 0 Å². The van der Waals surface area contributed by atoms with Crippen molar-refractivity contribution >= 4 is 55.3 Å². The SMILES string of the molecule is CCCN(c1cccc(C(=O)c2c[nH]c3ncc(I)cc23)c1F)S(N)(=O)=O. The van der Waals surface area contributed by atoms with Crippen molar-refractivity contribution in [3.8, 4) is 0 Å². The van der Waals surface area contributed by atoms with E-state index in [1.807, 2.05) is 0 Å². The average Bonchev–Trinajstić information content (AvgIpc) is 3.01. The van der Waals surface area contributed by atoms with Gasteiger partial charge in [0.2, 0.25) is 0 Å². The number of fused-ring (bicyclic) bond motifs is 1. The summed E-state index contributed by atoms with van der Waals surface area (Å²) in [4.78, 5) is 20.0. The normalized spacial score (nSPS) is 11.7. The number of carbonyl (C=O) groups excluding carboxylic acids is 1. The molecule has 27 heavy (non-hydrogen) atoms. The smallest absolute Gasteiger partial charge is 0.299 e. The van der Waals surface area contributed by atoms with Crippen LogP contribution in [-0.2, 0) is 10.2 Å². The Balaban J connectivity index is 2.12. The van der Waals surface area contributed by atoms with Gasteiger partial charge in [0, 0.05) is 33.5 Å². The van der Waals surface area contributed by atoms with Crippen LogP contribution in [0.25, 0.3) is 11.0 Å². The molecular weight excluding hydrogens is 486 g/mol. The summed E-state index contributed by atoms with van der Waals surface area (Å²) in [5.74, 6) is -1.51. The molecule has 2 aromatic heterocycles. The Bertz CT molecular complexity index is 1130. The Hall–Kier alpha value is -2.05. The molecule has 0 bridgehead atoms. The number of hydrogen-bond acceptors (Lipinski definition) is 4. The van der Waals surface area contributed by atoms with Gasteiger partial charge in [-0.3, -0.25) is 9.10 Å². The van der Waals surface area contributed by atoms with Crippen LogP contribution in [0.15, 0.2) is 36.7 Å². The van der Waals surface area contributed by atoms with Crippen molar-refractivity contribution in [3.05, 3.63) is 57.2 Å². The van der Waals surface area contributed by atoms with E-state index in [2.05, 4.69) is 32.6 Å². The van der Waals surface area contributed by atoms with Crippen LogP contribution in [0.1, 0.15) is 29.3 Å². The van der Waals surface area contributed by atoms with Gasteiger partial charge in [-0.15, -0.1) is 0 Å². The molecule has 0 fully saturated rings. The number of nitrogens with two attached hydrogens (primary N) is 1. The zero-order chi connectivity index (χ0) is 19.8. The van der Waals surface area contributed by atoms with Gasteiger partial charge in [0.1, 0.15) is 5.65 Å². The molecule has 1 aromatic carbocycles. The zero-order valence-electron chi connectivity index (χ0n) is 14.2. The van der Waals surface area contributed by atoms with Crippen molar-refractivity contribution in [2.75, 3.05) is 10.8 Å². The van der Waals surface area contributed by atoms with E-state index in [0.29, 0.717) is 17.5 Å². The van der Waals surface area contributed by atoms with E-state index < -0.39 is 21.8 Å². The number of rotatable bonds is 6. The van der Waals surface area contributed by atoms with Gasteiger partial charge < -0.3 is 4.98 Å². The van der Waals surface area contributed by atoms with E-state index in [1.54, 1.807) is 19.2 Å². The molecule has 0 radical (unpaired) electrons. The molecule has 2 heterocycles. The van der Waals surface area contributed by atoms with E-state index in [1.165, 1.54) is 24.4 Å². The molecule has 0 atom stereocenters. The largest absolute Gasteiger partial charge is 0.345 e. The molecule has 3 aromatic rings. The average molecular weight is 502 g/mol. The summed E-state index contributed by atoms with van der Waals surface area (Å²) in [6.45, 7) is 1.74. The van der Waals surface area contributed by atoms with Crippen LogP contribution in [0.3, 0.4) is 0 Å². The van der Waals surface area contributed by atoms with Gasteiger partial charge in [-0.05, 0) is 47.2 Å². The number of hydrogen-bond donors (Lipinski definition) is 2. The number of pyridine rings is 1. The predicted molar refractivity (Wildman–Crippen MR) is 109 cm³/mol. The Morgan fingerprint density at radius 3 is 2.78 bits per heavy atom. The standard InChI is InChI=1S/C17H16FIN4O3S/c1-2-6-23(27(20,25)26)14-5-3-4-11(15(14)18)16(24)13-9-22-17-12(13)7-10(19)8-21-17/h3-5,7-9H,2,6H2,1H3,(H,21,22)(H2,20,25,26). The lowest BCUT2D eigenvalue weighted by atomic mass is 10.0. The minimum Gasteiger partial charge on any atom is -0.345 e. The molecule has 0 aliphatic carbocycles. The number of nitrogens with one attached hydrogen (secondary N) is 1. The van der Waals surface area contributed by atoms with Gasteiger partial charge in [-0.1, -0.05) is 13.0 Å². The third-order valence-electron chi connectivity index (χ3n) is 3.97. The van der Waals surface area contributed by atoms with Crippen LogP contribution < -0.4 is 9.44 Å². The molecule has 0 spiro atoms. The van der Waals surface area contributed by atoms with E-state index in [0.717, 1.165) is 7.88 Å². The molecule has 3 N–H and O–H groups in total. The molecule has 0 aliphatic rings. The zero-order valence-corrected chi connectivity index (χ0v) is 17.2. The molecule has 0 unspecified atom stereocenters. The summed E-state index contributed by atoms with van der Waals surface area (Å²) < 4.78 is 40.3. The predicted octanol–water partition coefficient (Wildman–Crippen LogP) is 2.96. The maximum absolute atomic E-state index is 15.1. The van der Waals surface area contributed by atoms with Gasteiger partial charge in [-0.2, -0.15) is 8.42 Å². The van der Waals surface area contributed by atoms with Crippen molar-refractivity contribution in [1.29, 1.82) is 0 Å². The maximum Gasteiger partial charge on any atom is 0.299 e. The number of carbonyl (C=O) groups is 1. The number of benzene rings is 1. The van der Waals surface area contributed by atoms with Gasteiger partial charge in [0.05, 0.1) is 11.3 Å². The lowest BCUT2D eigenvalue weighted by molar-refractivity contribution is 0.103. The van der Waals surface area contributed by atoms with Crippen LogP contribution >= 0.6 is 22.6 Å². The van der Waals surface area contributed by atoms with E-state index >= 15 is 4.39 Å². The van der Waals surface area contributed by atoms with Crippen LogP contribution in [0.5, 0.6) is 0 Å². The number of aromatic amines is 1. The molecule has 142 valence electrons. The number of H-pyrrole nitrogens is 1. The van der Waals surface area contributed by atoms with Crippen LogP contribution in [0.4, 0.5) is 10.1 Å². The first kappa shape index (κ1) is 19.7. The van der Waals surface area contributed by atoms with E-state index in [9.17, 15) is 13.2 Å². The van der Waals surface area contributed by atoms with Gasteiger partial charge in [0.15, 0.2) is 11.6 Å². The van der Waals surface area contributed by atoms with Crippen LogP contribution in [0.2, 0.25) is 0 Å². The maximum atomic E-state index is 15.1. The molecule has 3 rings (SSSR count). The third-order valence-corrected chi connectivity index (χ3v) is 5.55. The number of anilines is 1. The number of ketones is 1. The molecule has 10 heteroatoms. The summed E-state index contributed by atoms with van der Waals surface area (Å²) in [6.07, 6.45) is 3.54. The molecule has 7 nitrogen and oxygen atoms in total. The minimum absolute atomic E-state index is 0.00258. The fraction of sp³-hybridized carbons (Fsp3) is 0.176. The van der Waals surface area contributed by atoms with Gasteiger partial charge >= 0.3 is 0 Å². The molecule has 0 amide bonds. The first-order valence-electron chi connectivity index (χ1n) is 8.00. The van der Waals surface area contributed by atoms with Crippen molar-refractivity contribution in [2.45, 2.75) is 13.3 Å². The molecular formula is C17H16FIN4O3S. The van der Waals surface area contributed by atoms with Crippen LogP contribution in [0, 0.1) is 9.39 Å². The summed E-state index contributed by atoms with van der Waals surface area (Å²) in [5, 5.41) is 5.77. The fourth-order valence-corrected chi connectivity index (χ4v) is 4.09. The minimum atomic E-state index is -4.17. The molecule has 0 saturated heterocycles. The van der Waals surface area contributed by atoms with Crippen molar-refractivity contribution in [2.24, 2.45) is 5.14 Å². The monoisotopic (exact) mass is 502 g/mol. The van der Waals surface area contributed by atoms with Crippen molar-refractivity contribution < 1.29 is 17.6 Å². The third kappa shape index (κ3) is 3.82. The number of aromatic nitrogens is 2. The van der Waals surface area contributed by atoms with E-state index in [4.69, 9.17) is 5.14 Å². The summed E-state index contributed by atoms with van der Waals surface area (Å²) in [7, 11) is -4.17. The quantitative estimate of drug-likeness (QED) is 0.399. The second kappa shape index (κ2) is 7.52. The molecule has 0 saturated carbocycles. The fourth-order valence-electron chi connectivity index (χ4n) is 2.79. The first-order valence-corrected chi connectivity index (χ1v) is 10.6. The Labute approximate surface area is 169 Å². The highest BCUT2D eigenvalue weighted by Gasteiger charge is 2.25. The topological polar surface area (TPSA) is 109 Å². The first-order chi connectivity index (χ1) is 12.7. The lowest BCUT2D eigenvalue weighted by Gasteiger charge is -2.22. The van der Waals surface area contributed by atoms with Gasteiger partial charge in [-0.25, -0.2) is 14.5 Å². The summed E-state index contributed by atoms with van der Waals surface area (Å²) in [6, 6.07) is 5.79. The van der Waals surface area contributed by atoms with E-state index in [-0.39, 0.29) is 23.4 Å². The number of nitrogens with zero attached hydrogens (tertiary/aromatic N) is 2. The summed E-state index contributed by atoms with van der Waals surface area (Å²) >= 11 is 2.07. The highest BCUT2D eigenvalue weighted by molar-refractivity contribution is 14.1.